The van der Waals surface area contributed by atoms with E-state index in [1.807, 2.05) is 12.1 Å². The lowest BCUT2D eigenvalue weighted by molar-refractivity contribution is 0.101. The molecule has 6 heteroatoms. The highest BCUT2D eigenvalue weighted by Gasteiger charge is 2.07. The Balaban J connectivity index is 1.96. The Morgan fingerprint density at radius 1 is 1.44 bits per heavy atom. The highest BCUT2D eigenvalue weighted by molar-refractivity contribution is 5.96. The van der Waals surface area contributed by atoms with E-state index in [9.17, 15) is 4.79 Å². The topological polar surface area (TPSA) is 83.0 Å². The van der Waals surface area contributed by atoms with Gasteiger partial charge in [-0.1, -0.05) is 17.3 Å². The Hall–Kier alpha value is -2.37. The van der Waals surface area contributed by atoms with Gasteiger partial charge >= 0.3 is 0 Å². The van der Waals surface area contributed by atoms with Crippen LogP contribution in [-0.4, -0.2) is 27.4 Å². The van der Waals surface area contributed by atoms with Crippen molar-refractivity contribution < 1.29 is 9.53 Å². The Morgan fingerprint density at radius 2 is 2.22 bits per heavy atom. The van der Waals surface area contributed by atoms with E-state index in [2.05, 4.69) is 10.3 Å². The van der Waals surface area contributed by atoms with Crippen LogP contribution in [0.1, 0.15) is 17.3 Å². The highest BCUT2D eigenvalue weighted by Crippen LogP contribution is 2.18. The Labute approximate surface area is 104 Å². The van der Waals surface area contributed by atoms with Gasteiger partial charge in [0.2, 0.25) is 0 Å². The summed E-state index contributed by atoms with van der Waals surface area (Å²) in [6, 6.07) is 7.15. The molecule has 0 saturated carbocycles. The number of nitrogen functional groups attached to an aromatic ring is 1. The minimum atomic E-state index is -0.0180. The van der Waals surface area contributed by atoms with Crippen molar-refractivity contribution in [2.75, 3.05) is 12.3 Å². The number of benzene rings is 1. The van der Waals surface area contributed by atoms with Crippen molar-refractivity contribution >= 4 is 11.6 Å². The summed E-state index contributed by atoms with van der Waals surface area (Å²) in [5.41, 5.74) is 6.02. The van der Waals surface area contributed by atoms with Gasteiger partial charge in [0.15, 0.2) is 11.6 Å². The smallest absolute Gasteiger partial charge is 0.165 e. The van der Waals surface area contributed by atoms with E-state index >= 15 is 0 Å². The quantitative estimate of drug-likeness (QED) is 0.800. The number of para-hydroxylation sites is 1. The average molecular weight is 246 g/mol. The number of anilines is 1. The molecule has 94 valence electrons. The second-order valence-corrected chi connectivity index (χ2v) is 3.81. The van der Waals surface area contributed by atoms with Crippen molar-refractivity contribution in [3.63, 3.8) is 0 Å². The molecule has 0 fully saturated rings. The van der Waals surface area contributed by atoms with Gasteiger partial charge < -0.3 is 10.5 Å². The van der Waals surface area contributed by atoms with Gasteiger partial charge in [-0.2, -0.15) is 0 Å². The molecule has 0 unspecified atom stereocenters. The van der Waals surface area contributed by atoms with Crippen LogP contribution in [0.2, 0.25) is 0 Å². The second-order valence-electron chi connectivity index (χ2n) is 3.81. The lowest BCUT2D eigenvalue weighted by Gasteiger charge is -2.09. The van der Waals surface area contributed by atoms with Crippen LogP contribution >= 0.6 is 0 Å². The zero-order chi connectivity index (χ0) is 13.0. The molecule has 0 bridgehead atoms. The van der Waals surface area contributed by atoms with Gasteiger partial charge in [0.25, 0.3) is 0 Å². The molecule has 18 heavy (non-hydrogen) atoms. The summed E-state index contributed by atoms with van der Waals surface area (Å²) in [5, 5.41) is 7.47. The predicted molar refractivity (Wildman–Crippen MR) is 66.4 cm³/mol. The highest BCUT2D eigenvalue weighted by atomic mass is 16.5. The largest absolute Gasteiger partial charge is 0.491 e. The molecule has 0 saturated heterocycles. The minimum Gasteiger partial charge on any atom is -0.491 e. The number of ether oxygens (including phenoxy) is 1. The van der Waals surface area contributed by atoms with E-state index in [4.69, 9.17) is 10.5 Å². The molecule has 1 aromatic carbocycles. The number of Topliss-reactive ketones (excluding diaryl/α,β-unsaturated/α-hetero) is 1. The van der Waals surface area contributed by atoms with Crippen molar-refractivity contribution in [3.05, 3.63) is 36.0 Å². The monoisotopic (exact) mass is 246 g/mol. The fraction of sp³-hybridized carbons (Fsp3) is 0.250. The van der Waals surface area contributed by atoms with Crippen molar-refractivity contribution in [1.29, 1.82) is 0 Å². The Bertz CT molecular complexity index is 551. The van der Waals surface area contributed by atoms with Crippen LogP contribution in [0.4, 0.5) is 5.82 Å². The van der Waals surface area contributed by atoms with E-state index < -0.39 is 0 Å². The van der Waals surface area contributed by atoms with Gasteiger partial charge in [0, 0.05) is 0 Å². The van der Waals surface area contributed by atoms with Gasteiger partial charge in [-0.15, -0.1) is 5.10 Å². The van der Waals surface area contributed by atoms with Gasteiger partial charge in [0.1, 0.15) is 12.4 Å². The number of nitrogens with zero attached hydrogens (tertiary/aromatic N) is 3. The number of rotatable bonds is 5. The second kappa shape index (κ2) is 5.31. The van der Waals surface area contributed by atoms with Crippen LogP contribution in [0, 0.1) is 0 Å². The number of nitrogens with two attached hydrogens (primary N) is 1. The van der Waals surface area contributed by atoms with Crippen molar-refractivity contribution in [2.24, 2.45) is 0 Å². The van der Waals surface area contributed by atoms with Gasteiger partial charge in [0.05, 0.1) is 18.3 Å². The van der Waals surface area contributed by atoms with Gasteiger partial charge in [-0.25, -0.2) is 4.68 Å². The van der Waals surface area contributed by atoms with Crippen LogP contribution in [-0.2, 0) is 6.54 Å². The molecular formula is C12H14N4O2. The first-order valence-corrected chi connectivity index (χ1v) is 5.55. The van der Waals surface area contributed by atoms with E-state index in [1.165, 1.54) is 6.92 Å². The molecule has 2 rings (SSSR count). The lowest BCUT2D eigenvalue weighted by Crippen LogP contribution is -2.10. The van der Waals surface area contributed by atoms with Crippen LogP contribution in [0.3, 0.4) is 0 Å². The first kappa shape index (κ1) is 12.1. The third-order valence-electron chi connectivity index (χ3n) is 2.40. The minimum absolute atomic E-state index is 0.0180. The zero-order valence-corrected chi connectivity index (χ0v) is 10.0. The maximum absolute atomic E-state index is 11.4. The average Bonchev–Trinajstić information content (AvgIpc) is 2.75. The number of hydrogen-bond acceptors (Lipinski definition) is 5. The van der Waals surface area contributed by atoms with Crippen LogP contribution in [0.25, 0.3) is 0 Å². The molecule has 2 N–H and O–H groups in total. The Kier molecular flexibility index (Phi) is 3.57. The fourth-order valence-corrected chi connectivity index (χ4v) is 1.56. The SMILES string of the molecule is CC(=O)c1ccccc1OCCn1cc(N)nn1. The first-order chi connectivity index (χ1) is 8.66. The summed E-state index contributed by atoms with van der Waals surface area (Å²) in [6.45, 7) is 2.43. The number of ketones is 1. The maximum Gasteiger partial charge on any atom is 0.165 e. The molecule has 1 aromatic heterocycles. The van der Waals surface area contributed by atoms with Gasteiger partial charge in [-0.05, 0) is 19.1 Å². The zero-order valence-electron chi connectivity index (χ0n) is 10.0. The standard InChI is InChI=1S/C12H14N4O2/c1-9(17)10-4-2-3-5-11(10)18-7-6-16-8-12(13)14-15-16/h2-5,8H,6-7,13H2,1H3. The third-order valence-corrected chi connectivity index (χ3v) is 2.40. The molecule has 0 aliphatic carbocycles. The summed E-state index contributed by atoms with van der Waals surface area (Å²) in [7, 11) is 0. The lowest BCUT2D eigenvalue weighted by atomic mass is 10.1. The van der Waals surface area contributed by atoms with Crippen molar-refractivity contribution in [1.82, 2.24) is 15.0 Å². The van der Waals surface area contributed by atoms with E-state index in [0.717, 1.165) is 0 Å². The first-order valence-electron chi connectivity index (χ1n) is 5.55. The predicted octanol–water partition coefficient (Wildman–Crippen LogP) is 1.14. The molecule has 0 amide bonds. The molecule has 6 nitrogen and oxygen atoms in total. The maximum atomic E-state index is 11.4. The molecule has 0 aliphatic heterocycles. The number of aromatic nitrogens is 3. The van der Waals surface area contributed by atoms with Crippen molar-refractivity contribution in [2.45, 2.75) is 13.5 Å². The molecule has 0 radical (unpaired) electrons. The fourth-order valence-electron chi connectivity index (χ4n) is 1.56. The van der Waals surface area contributed by atoms with Crippen molar-refractivity contribution in [3.8, 4) is 5.75 Å². The summed E-state index contributed by atoms with van der Waals surface area (Å²) < 4.78 is 7.15. The third kappa shape index (κ3) is 2.85. The van der Waals surface area contributed by atoms with Gasteiger partial charge in [-0.3, -0.25) is 4.79 Å². The van der Waals surface area contributed by atoms with Crippen LogP contribution in [0.15, 0.2) is 30.5 Å². The normalized spacial score (nSPS) is 10.3. The number of hydrogen-bond donors (Lipinski definition) is 1. The molecule has 0 spiro atoms. The number of carbonyl (C=O) groups is 1. The molecular weight excluding hydrogens is 232 g/mol. The summed E-state index contributed by atoms with van der Waals surface area (Å²) in [4.78, 5) is 11.4. The summed E-state index contributed by atoms with van der Waals surface area (Å²) >= 11 is 0. The molecule has 1 heterocycles. The number of carbonyl (C=O) groups excluding carboxylic acids is 1. The molecule has 0 atom stereocenters. The molecule has 0 aliphatic rings. The Morgan fingerprint density at radius 3 is 2.89 bits per heavy atom. The van der Waals surface area contributed by atoms with E-state index in [1.54, 1.807) is 23.0 Å². The molecule has 2 aromatic rings. The van der Waals surface area contributed by atoms with Crippen LogP contribution < -0.4 is 10.5 Å². The summed E-state index contributed by atoms with van der Waals surface area (Å²) in [5.74, 6) is 0.938. The van der Waals surface area contributed by atoms with Crippen LogP contribution in [0.5, 0.6) is 5.75 Å². The van der Waals surface area contributed by atoms with E-state index in [0.29, 0.717) is 30.3 Å². The van der Waals surface area contributed by atoms with E-state index in [-0.39, 0.29) is 5.78 Å². The summed E-state index contributed by atoms with van der Waals surface area (Å²) in [6.07, 6.45) is 1.63.